The maximum Gasteiger partial charge on any atom is 0.324 e. The standard InChI is InChI=1S/C23H32N2O4/c1-7-8-11-23(21(28)29)17-16(19(26)25(20(17)27)22(4,5)6)18(24-23)15-12-13(2)9-10-14(15)3/h9-10,12,16-18,24H,7-8,11H2,1-6H3,(H,28,29). The fraction of sp³-hybridized carbons (Fsp3) is 0.609. The van der Waals surface area contributed by atoms with Crippen molar-refractivity contribution >= 4 is 17.8 Å². The molecular formula is C23H32N2O4. The van der Waals surface area contributed by atoms with Gasteiger partial charge in [-0.3, -0.25) is 24.6 Å². The molecule has 0 bridgehead atoms. The van der Waals surface area contributed by atoms with Crippen LogP contribution in [0.5, 0.6) is 0 Å². The SMILES string of the molecule is CCCCC1(C(=O)O)NC(c2cc(C)ccc2C)C2C(=O)N(C(C)(C)C)C(=O)C21. The Kier molecular flexibility index (Phi) is 5.37. The summed E-state index contributed by atoms with van der Waals surface area (Å²) in [5.74, 6) is -3.30. The number of nitrogens with one attached hydrogen (secondary N) is 1. The number of imide groups is 1. The third kappa shape index (κ3) is 3.27. The van der Waals surface area contributed by atoms with E-state index in [2.05, 4.69) is 5.32 Å². The fourth-order valence-electron chi connectivity index (χ4n) is 5.01. The van der Waals surface area contributed by atoms with E-state index in [-0.39, 0.29) is 11.8 Å². The van der Waals surface area contributed by atoms with Crippen LogP contribution in [0, 0.1) is 25.7 Å². The van der Waals surface area contributed by atoms with Crippen LogP contribution in [-0.2, 0) is 14.4 Å². The Balaban J connectivity index is 2.20. The Morgan fingerprint density at radius 3 is 2.41 bits per heavy atom. The van der Waals surface area contributed by atoms with Crippen LogP contribution in [0.25, 0.3) is 0 Å². The summed E-state index contributed by atoms with van der Waals surface area (Å²) in [7, 11) is 0. The second kappa shape index (κ2) is 7.24. The summed E-state index contributed by atoms with van der Waals surface area (Å²) < 4.78 is 0. The third-order valence-electron chi connectivity index (χ3n) is 6.40. The average molecular weight is 401 g/mol. The Morgan fingerprint density at radius 2 is 1.86 bits per heavy atom. The minimum Gasteiger partial charge on any atom is -0.480 e. The fourth-order valence-corrected chi connectivity index (χ4v) is 5.01. The van der Waals surface area contributed by atoms with Crippen LogP contribution < -0.4 is 5.32 Å². The van der Waals surface area contributed by atoms with E-state index in [9.17, 15) is 19.5 Å². The van der Waals surface area contributed by atoms with Gasteiger partial charge in [-0.15, -0.1) is 0 Å². The molecule has 2 N–H and O–H groups in total. The summed E-state index contributed by atoms with van der Waals surface area (Å²) >= 11 is 0. The number of hydrogen-bond acceptors (Lipinski definition) is 4. The lowest BCUT2D eigenvalue weighted by Crippen LogP contribution is -2.57. The van der Waals surface area contributed by atoms with Crippen LogP contribution >= 0.6 is 0 Å². The molecule has 0 saturated carbocycles. The molecule has 1 aromatic carbocycles. The molecule has 3 rings (SSSR count). The third-order valence-corrected chi connectivity index (χ3v) is 6.40. The molecule has 6 heteroatoms. The average Bonchev–Trinajstić information content (AvgIpc) is 3.10. The Hall–Kier alpha value is -2.21. The molecular weight excluding hydrogens is 368 g/mol. The van der Waals surface area contributed by atoms with Crippen LogP contribution in [0.1, 0.15) is 69.7 Å². The molecule has 2 saturated heterocycles. The zero-order valence-electron chi connectivity index (χ0n) is 18.2. The van der Waals surface area contributed by atoms with Gasteiger partial charge in [0.05, 0.1) is 11.8 Å². The molecule has 0 spiro atoms. The summed E-state index contributed by atoms with van der Waals surface area (Å²) in [6.07, 6.45) is 1.80. The van der Waals surface area contributed by atoms with Crippen molar-refractivity contribution in [2.24, 2.45) is 11.8 Å². The van der Waals surface area contributed by atoms with E-state index in [1.54, 1.807) is 0 Å². The summed E-state index contributed by atoms with van der Waals surface area (Å²) in [6, 6.07) is 5.48. The molecule has 0 radical (unpaired) electrons. The predicted octanol–water partition coefficient (Wildman–Crippen LogP) is 3.36. The minimum atomic E-state index is -1.44. The molecule has 4 unspecified atom stereocenters. The minimum absolute atomic E-state index is 0.273. The van der Waals surface area contributed by atoms with Gasteiger partial charge in [-0.1, -0.05) is 43.5 Å². The zero-order chi connectivity index (χ0) is 21.7. The smallest absolute Gasteiger partial charge is 0.324 e. The quantitative estimate of drug-likeness (QED) is 0.740. The molecule has 1 aromatic rings. The second-order valence-electron chi connectivity index (χ2n) is 9.55. The highest BCUT2D eigenvalue weighted by Crippen LogP contribution is 2.52. The number of rotatable bonds is 5. The number of unbranched alkanes of at least 4 members (excludes halogenated alkanes) is 1. The van der Waals surface area contributed by atoms with Crippen LogP contribution in [0.3, 0.4) is 0 Å². The number of carbonyl (C=O) groups excluding carboxylic acids is 2. The van der Waals surface area contributed by atoms with Crippen LogP contribution in [0.4, 0.5) is 0 Å². The molecule has 4 atom stereocenters. The van der Waals surface area contributed by atoms with Gasteiger partial charge in [-0.2, -0.15) is 0 Å². The number of carbonyl (C=O) groups is 3. The summed E-state index contributed by atoms with van der Waals surface area (Å²) in [4.78, 5) is 40.8. The lowest BCUT2D eigenvalue weighted by Gasteiger charge is -2.35. The number of fused-ring (bicyclic) bond motifs is 1. The van der Waals surface area contributed by atoms with Gasteiger partial charge in [0.1, 0.15) is 5.54 Å². The Morgan fingerprint density at radius 1 is 1.21 bits per heavy atom. The number of amides is 2. The molecule has 6 nitrogen and oxygen atoms in total. The largest absolute Gasteiger partial charge is 0.480 e. The van der Waals surface area contributed by atoms with Crippen LogP contribution in [0.15, 0.2) is 18.2 Å². The van der Waals surface area contributed by atoms with Crippen molar-refractivity contribution in [1.82, 2.24) is 10.2 Å². The summed E-state index contributed by atoms with van der Waals surface area (Å²) in [5, 5.41) is 13.6. The number of benzene rings is 1. The number of carboxylic acid groups (broad SMARTS) is 1. The molecule has 2 heterocycles. The van der Waals surface area contributed by atoms with Gasteiger partial charge in [0.15, 0.2) is 0 Å². The lowest BCUT2D eigenvalue weighted by molar-refractivity contribution is -0.154. The van der Waals surface area contributed by atoms with Crippen molar-refractivity contribution < 1.29 is 19.5 Å². The molecule has 2 aliphatic rings. The molecule has 2 aliphatic heterocycles. The van der Waals surface area contributed by atoms with Gasteiger partial charge in [-0.25, -0.2) is 0 Å². The van der Waals surface area contributed by atoms with E-state index in [0.717, 1.165) is 23.1 Å². The highest BCUT2D eigenvalue weighted by atomic mass is 16.4. The van der Waals surface area contributed by atoms with Crippen LogP contribution in [0.2, 0.25) is 0 Å². The number of likely N-dealkylation sites (tertiary alicyclic amines) is 1. The maximum atomic E-state index is 13.5. The van der Waals surface area contributed by atoms with Crippen molar-refractivity contribution in [2.45, 2.75) is 77.9 Å². The molecule has 0 aliphatic carbocycles. The summed E-state index contributed by atoms with van der Waals surface area (Å²) in [6.45, 7) is 11.4. The molecule has 0 aromatic heterocycles. The first-order chi connectivity index (χ1) is 13.5. The first kappa shape index (κ1) is 21.5. The first-order valence-electron chi connectivity index (χ1n) is 10.4. The Bertz CT molecular complexity index is 857. The van der Waals surface area contributed by atoms with Gasteiger partial charge < -0.3 is 5.11 Å². The number of nitrogens with zero attached hydrogens (tertiary/aromatic N) is 1. The van der Waals surface area contributed by atoms with Crippen molar-refractivity contribution in [3.8, 4) is 0 Å². The topological polar surface area (TPSA) is 86.7 Å². The molecule has 2 fully saturated rings. The van der Waals surface area contributed by atoms with Crippen molar-refractivity contribution in [3.05, 3.63) is 34.9 Å². The molecule has 2 amide bonds. The highest BCUT2D eigenvalue weighted by Gasteiger charge is 2.69. The Labute approximate surface area is 172 Å². The van der Waals surface area contributed by atoms with E-state index in [0.29, 0.717) is 12.8 Å². The number of hydrogen-bond donors (Lipinski definition) is 2. The maximum absolute atomic E-state index is 13.5. The number of carboxylic acids is 1. The normalized spacial score (nSPS) is 29.4. The van der Waals surface area contributed by atoms with Gasteiger partial charge >= 0.3 is 5.97 Å². The number of aliphatic carboxylic acids is 1. The second-order valence-corrected chi connectivity index (χ2v) is 9.55. The number of aryl methyl sites for hydroxylation is 2. The van der Waals surface area contributed by atoms with Gasteiger partial charge in [0.25, 0.3) is 0 Å². The van der Waals surface area contributed by atoms with Crippen molar-refractivity contribution in [1.29, 1.82) is 0 Å². The van der Waals surface area contributed by atoms with E-state index in [1.807, 2.05) is 59.7 Å². The predicted molar refractivity (Wildman–Crippen MR) is 110 cm³/mol. The van der Waals surface area contributed by atoms with E-state index in [4.69, 9.17) is 0 Å². The van der Waals surface area contributed by atoms with Gasteiger partial charge in [0.2, 0.25) is 11.8 Å². The van der Waals surface area contributed by atoms with Crippen LogP contribution in [-0.4, -0.2) is 38.9 Å². The van der Waals surface area contributed by atoms with E-state index in [1.165, 1.54) is 4.90 Å². The molecule has 29 heavy (non-hydrogen) atoms. The summed E-state index contributed by atoms with van der Waals surface area (Å²) in [5.41, 5.74) is 0.790. The zero-order valence-corrected chi connectivity index (χ0v) is 18.2. The molecule has 158 valence electrons. The van der Waals surface area contributed by atoms with Gasteiger partial charge in [-0.05, 0) is 52.2 Å². The highest BCUT2D eigenvalue weighted by molar-refractivity contribution is 6.10. The van der Waals surface area contributed by atoms with Crippen molar-refractivity contribution in [2.75, 3.05) is 0 Å². The monoisotopic (exact) mass is 400 g/mol. The van der Waals surface area contributed by atoms with Crippen molar-refractivity contribution in [3.63, 3.8) is 0 Å². The van der Waals surface area contributed by atoms with Gasteiger partial charge in [0, 0.05) is 11.6 Å². The lowest BCUT2D eigenvalue weighted by atomic mass is 9.76. The van der Waals surface area contributed by atoms with E-state index < -0.39 is 34.9 Å². The first-order valence-corrected chi connectivity index (χ1v) is 10.4. The van der Waals surface area contributed by atoms with E-state index >= 15 is 0 Å².